The van der Waals surface area contributed by atoms with Crippen LogP contribution in [0.25, 0.3) is 10.2 Å². The van der Waals surface area contributed by atoms with Gasteiger partial charge < -0.3 is 20.6 Å². The van der Waals surface area contributed by atoms with Gasteiger partial charge in [0.15, 0.2) is 0 Å². The van der Waals surface area contributed by atoms with Gasteiger partial charge in [-0.05, 0) is 113 Å². The van der Waals surface area contributed by atoms with Crippen LogP contribution in [0.3, 0.4) is 0 Å². The smallest absolute Gasteiger partial charge is 0.433 e. The highest BCUT2D eigenvalue weighted by Gasteiger charge is 2.45. The van der Waals surface area contributed by atoms with E-state index in [2.05, 4.69) is 25.8 Å². The number of nitrogens with zero attached hydrogens (tertiary/aromatic N) is 4. The molecule has 3 fully saturated rings. The lowest BCUT2D eigenvalue weighted by Crippen LogP contribution is -2.54. The van der Waals surface area contributed by atoms with Crippen molar-refractivity contribution >= 4 is 68.4 Å². The summed E-state index contributed by atoms with van der Waals surface area (Å²) < 4.78 is 40.2. The fourth-order valence-electron chi connectivity index (χ4n) is 8.84. The summed E-state index contributed by atoms with van der Waals surface area (Å²) >= 11 is 1.43. The molecule has 4 N–H and O–H groups in total. The van der Waals surface area contributed by atoms with E-state index in [-0.39, 0.29) is 41.1 Å². The van der Waals surface area contributed by atoms with Crippen LogP contribution >= 0.6 is 11.3 Å². The summed E-state index contributed by atoms with van der Waals surface area (Å²) in [4.78, 5) is 87.4. The Morgan fingerprint density at radius 2 is 1.63 bits per heavy atom. The van der Waals surface area contributed by atoms with Gasteiger partial charge in [0.25, 0.3) is 17.7 Å². The van der Waals surface area contributed by atoms with Gasteiger partial charge in [-0.3, -0.25) is 34.2 Å². The average molecular weight is 846 g/mol. The SMILES string of the molecule is O=C1CCC(N2C(=O)c3cccc(NCCC4CCN(CC5CCC(c6nc7cc(C(=O)O)c(NC(=O)c8cccc(C(F)(F)F)n8)cc7s6)CC5)CC4)c3C2=O)C(=O)N1. The van der Waals surface area contributed by atoms with Crippen LogP contribution in [0.2, 0.25) is 0 Å². The number of benzene rings is 2. The van der Waals surface area contributed by atoms with E-state index < -0.39 is 59.1 Å². The number of alkyl halides is 3. The number of imide groups is 2. The summed E-state index contributed by atoms with van der Waals surface area (Å²) in [5, 5.41) is 18.8. The Bertz CT molecular complexity index is 2390. The summed E-state index contributed by atoms with van der Waals surface area (Å²) in [6.45, 7) is 3.62. The second kappa shape index (κ2) is 16.7. The van der Waals surface area contributed by atoms with E-state index in [4.69, 9.17) is 4.98 Å². The molecule has 1 saturated carbocycles. The number of pyridine rings is 1. The molecule has 14 nitrogen and oxygen atoms in total. The van der Waals surface area contributed by atoms with Gasteiger partial charge >= 0.3 is 12.1 Å². The molecule has 5 amide bonds. The summed E-state index contributed by atoms with van der Waals surface area (Å²) in [7, 11) is 0. The molecule has 1 atom stereocenters. The minimum atomic E-state index is -4.74. The second-order valence-electron chi connectivity index (χ2n) is 15.9. The van der Waals surface area contributed by atoms with E-state index in [9.17, 15) is 47.0 Å². The Balaban J connectivity index is 0.803. The molecule has 0 radical (unpaired) electrons. The number of carboxylic acid groups (broad SMARTS) is 1. The first-order valence-electron chi connectivity index (χ1n) is 20.1. The van der Waals surface area contributed by atoms with Gasteiger partial charge in [0.05, 0.1) is 37.6 Å². The number of thiazole rings is 1. The van der Waals surface area contributed by atoms with Crippen molar-refractivity contribution in [1.29, 1.82) is 0 Å². The number of carbonyl (C=O) groups is 6. The molecule has 8 rings (SSSR count). The number of aromatic carboxylic acids is 1. The molecular weight excluding hydrogens is 804 g/mol. The molecule has 60 heavy (non-hydrogen) atoms. The molecule has 2 aromatic carbocycles. The third kappa shape index (κ3) is 8.48. The van der Waals surface area contributed by atoms with E-state index in [1.54, 1.807) is 18.2 Å². The number of hydrogen-bond acceptors (Lipinski definition) is 11. The first-order chi connectivity index (χ1) is 28.7. The first kappa shape index (κ1) is 41.0. The van der Waals surface area contributed by atoms with E-state index in [1.807, 2.05) is 0 Å². The van der Waals surface area contributed by atoms with Crippen LogP contribution in [0.4, 0.5) is 24.5 Å². The van der Waals surface area contributed by atoms with Gasteiger partial charge in [0.1, 0.15) is 17.4 Å². The highest BCUT2D eigenvalue weighted by Crippen LogP contribution is 2.41. The van der Waals surface area contributed by atoms with Crippen LogP contribution in [0.15, 0.2) is 48.5 Å². The monoisotopic (exact) mass is 845 g/mol. The fourth-order valence-corrected chi connectivity index (χ4v) is 10.00. The highest BCUT2D eigenvalue weighted by molar-refractivity contribution is 7.18. The molecule has 2 saturated heterocycles. The second-order valence-corrected chi connectivity index (χ2v) is 17.0. The van der Waals surface area contributed by atoms with Crippen molar-refractivity contribution in [2.45, 2.75) is 75.9 Å². The summed E-state index contributed by atoms with van der Waals surface area (Å²) in [6, 6.07) is 9.90. The highest BCUT2D eigenvalue weighted by atomic mass is 32.1. The van der Waals surface area contributed by atoms with E-state index in [1.165, 1.54) is 23.5 Å². The van der Waals surface area contributed by atoms with E-state index in [0.717, 1.165) is 92.7 Å². The number of nitrogens with one attached hydrogen (secondary N) is 3. The standard InChI is InChI=1S/C42H42F3N7O7S/c43-42(44,45)33-6-2-5-28(47-33)36(54)48-29-20-32-30(19-26(29)41(58)59)49-38(60-32)24-9-7-23(8-10-24)21-51-17-14-22(15-18-51)13-16-46-27-4-1-3-25-35(27)40(57)52(39(25)56)31-11-12-34(53)50-37(31)55/h1-6,19-20,22-24,31,46H,7-18,21H2,(H,48,54)(H,58,59)(H,50,53,55). The lowest BCUT2D eigenvalue weighted by Gasteiger charge is -2.36. The molecule has 18 heteroatoms. The van der Waals surface area contributed by atoms with Gasteiger partial charge in [-0.25, -0.2) is 14.8 Å². The van der Waals surface area contributed by atoms with Crippen molar-refractivity contribution in [3.63, 3.8) is 0 Å². The number of fused-ring (bicyclic) bond motifs is 2. The molecule has 2 aromatic heterocycles. The number of anilines is 2. The maximum atomic E-state index is 13.4. The number of rotatable bonds is 11. The van der Waals surface area contributed by atoms with Crippen LogP contribution in [0.5, 0.6) is 0 Å². The Kier molecular flexibility index (Phi) is 11.4. The molecular formula is C42H42F3N7O7S. The third-order valence-electron chi connectivity index (χ3n) is 12.1. The van der Waals surface area contributed by atoms with E-state index >= 15 is 0 Å². The van der Waals surface area contributed by atoms with Crippen LogP contribution in [-0.2, 0) is 15.8 Å². The maximum absolute atomic E-state index is 13.4. The van der Waals surface area contributed by atoms with Crippen molar-refractivity contribution in [2.24, 2.45) is 11.8 Å². The van der Waals surface area contributed by atoms with Crippen LogP contribution in [0, 0.1) is 11.8 Å². The maximum Gasteiger partial charge on any atom is 0.433 e. The van der Waals surface area contributed by atoms with E-state index in [0.29, 0.717) is 34.3 Å². The van der Waals surface area contributed by atoms with Crippen molar-refractivity contribution < 1.29 is 47.0 Å². The normalized spacial score (nSPS) is 21.6. The number of aromatic nitrogens is 2. The summed E-state index contributed by atoms with van der Waals surface area (Å²) in [5.74, 6) is -3.13. The molecule has 4 aromatic rings. The number of piperidine rings is 2. The summed E-state index contributed by atoms with van der Waals surface area (Å²) in [5.41, 5.74) is -0.431. The van der Waals surface area contributed by atoms with Crippen LogP contribution in [-0.4, -0.2) is 92.6 Å². The lowest BCUT2D eigenvalue weighted by atomic mass is 9.81. The van der Waals surface area contributed by atoms with Crippen molar-refractivity contribution in [3.8, 4) is 0 Å². The first-order valence-corrected chi connectivity index (χ1v) is 20.9. The number of amides is 5. The largest absolute Gasteiger partial charge is 0.478 e. The van der Waals surface area contributed by atoms with Crippen molar-refractivity contribution in [2.75, 3.05) is 36.8 Å². The minimum absolute atomic E-state index is 0.0493. The van der Waals surface area contributed by atoms with Gasteiger partial charge in [-0.15, -0.1) is 11.3 Å². The molecule has 5 heterocycles. The number of carbonyl (C=O) groups excluding carboxylic acids is 5. The predicted octanol–water partition coefficient (Wildman–Crippen LogP) is 6.55. The van der Waals surface area contributed by atoms with Gasteiger partial charge in [-0.2, -0.15) is 13.2 Å². The Morgan fingerprint density at radius 3 is 2.35 bits per heavy atom. The zero-order valence-corrected chi connectivity index (χ0v) is 33.2. The molecule has 4 aliphatic rings. The molecule has 0 bridgehead atoms. The molecule has 3 aliphatic heterocycles. The molecule has 1 aliphatic carbocycles. The Morgan fingerprint density at radius 1 is 0.883 bits per heavy atom. The number of halogens is 3. The topological polar surface area (TPSA) is 191 Å². The zero-order chi connectivity index (χ0) is 42.3. The number of hydrogen-bond donors (Lipinski definition) is 4. The Hall–Kier alpha value is -5.75. The van der Waals surface area contributed by atoms with Gasteiger partial charge in [0.2, 0.25) is 11.8 Å². The van der Waals surface area contributed by atoms with Crippen molar-refractivity contribution in [1.82, 2.24) is 25.1 Å². The molecule has 0 spiro atoms. The third-order valence-corrected chi connectivity index (χ3v) is 13.2. The van der Waals surface area contributed by atoms with Crippen LogP contribution in [0.1, 0.15) is 116 Å². The van der Waals surface area contributed by atoms with Crippen molar-refractivity contribution in [3.05, 3.63) is 81.6 Å². The zero-order valence-electron chi connectivity index (χ0n) is 32.3. The molecule has 1 unspecified atom stereocenters. The minimum Gasteiger partial charge on any atom is -0.478 e. The van der Waals surface area contributed by atoms with Gasteiger partial charge in [0, 0.05) is 31.1 Å². The lowest BCUT2D eigenvalue weighted by molar-refractivity contribution is -0.141. The average Bonchev–Trinajstić information content (AvgIpc) is 3.75. The quantitative estimate of drug-likeness (QED) is 0.120. The molecule has 314 valence electrons. The van der Waals surface area contributed by atoms with Crippen LogP contribution < -0.4 is 16.0 Å². The van der Waals surface area contributed by atoms with Gasteiger partial charge in [-0.1, -0.05) is 12.1 Å². The Labute approximate surface area is 345 Å². The predicted molar refractivity (Wildman–Crippen MR) is 214 cm³/mol. The summed E-state index contributed by atoms with van der Waals surface area (Å²) in [6.07, 6.45) is 2.35. The fraction of sp³-hybridized carbons (Fsp3) is 0.429. The number of carboxylic acids is 1. The number of likely N-dealkylation sites (tertiary alicyclic amines) is 1.